The number of fused-ring (bicyclic) bond motifs is 1. The fourth-order valence-corrected chi connectivity index (χ4v) is 3.59. The largest absolute Gasteiger partial charge is 0.477 e. The summed E-state index contributed by atoms with van der Waals surface area (Å²) in [6.07, 6.45) is 1.04. The van der Waals surface area contributed by atoms with Crippen LogP contribution in [-0.2, 0) is 6.54 Å². The summed E-state index contributed by atoms with van der Waals surface area (Å²) in [5.74, 6) is -0.293. The first-order valence-corrected chi connectivity index (χ1v) is 7.83. The van der Waals surface area contributed by atoms with Crippen molar-refractivity contribution >= 4 is 27.4 Å². The molecule has 0 fully saturated rings. The van der Waals surface area contributed by atoms with Crippen molar-refractivity contribution < 1.29 is 9.90 Å². The molecule has 0 saturated heterocycles. The molecule has 108 valence electrons. The van der Waals surface area contributed by atoms with Crippen LogP contribution in [-0.4, -0.2) is 17.1 Å². The maximum atomic E-state index is 11.4. The van der Waals surface area contributed by atoms with Gasteiger partial charge in [-0.1, -0.05) is 39.0 Å². The van der Waals surface area contributed by atoms with E-state index in [1.165, 1.54) is 11.3 Å². The molecule has 1 aromatic heterocycles. The third kappa shape index (κ3) is 3.02. The molecule has 0 saturated carbocycles. The molecule has 2 aromatic rings. The standard InChI is InChI=1S/C16H21NO2S/c1-4-13(10(2)3)17-9-12-11-7-5-6-8-14(11)20-15(12)16(18)19/h5-8,10,13,17H,4,9H2,1-3H3,(H,18,19). The van der Waals surface area contributed by atoms with E-state index in [0.717, 1.165) is 22.1 Å². The molecule has 20 heavy (non-hydrogen) atoms. The minimum atomic E-state index is -0.833. The number of carboxylic acid groups (broad SMARTS) is 1. The highest BCUT2D eigenvalue weighted by Crippen LogP contribution is 2.31. The number of hydrogen-bond acceptors (Lipinski definition) is 3. The zero-order valence-electron chi connectivity index (χ0n) is 12.1. The summed E-state index contributed by atoms with van der Waals surface area (Å²) in [4.78, 5) is 11.9. The van der Waals surface area contributed by atoms with Gasteiger partial charge in [0.15, 0.2) is 0 Å². The Morgan fingerprint density at radius 2 is 2.05 bits per heavy atom. The van der Waals surface area contributed by atoms with E-state index in [2.05, 4.69) is 26.1 Å². The van der Waals surface area contributed by atoms with Gasteiger partial charge in [0, 0.05) is 17.3 Å². The number of benzene rings is 1. The van der Waals surface area contributed by atoms with Crippen molar-refractivity contribution in [3.8, 4) is 0 Å². The lowest BCUT2D eigenvalue weighted by molar-refractivity contribution is 0.0701. The Morgan fingerprint density at radius 1 is 1.35 bits per heavy atom. The second-order valence-electron chi connectivity index (χ2n) is 5.35. The third-order valence-corrected chi connectivity index (χ3v) is 4.88. The first-order chi connectivity index (χ1) is 9.54. The predicted molar refractivity (Wildman–Crippen MR) is 84.5 cm³/mol. The van der Waals surface area contributed by atoms with E-state index in [9.17, 15) is 9.90 Å². The Balaban J connectivity index is 2.32. The van der Waals surface area contributed by atoms with Gasteiger partial charge in [0.1, 0.15) is 4.88 Å². The molecule has 1 aromatic carbocycles. The zero-order valence-corrected chi connectivity index (χ0v) is 13.0. The molecule has 1 unspecified atom stereocenters. The van der Waals surface area contributed by atoms with E-state index >= 15 is 0 Å². The minimum absolute atomic E-state index is 0.412. The molecule has 1 heterocycles. The summed E-state index contributed by atoms with van der Waals surface area (Å²) < 4.78 is 1.04. The molecule has 0 aliphatic heterocycles. The highest BCUT2D eigenvalue weighted by Gasteiger charge is 2.18. The Kier molecular flexibility index (Phi) is 4.78. The van der Waals surface area contributed by atoms with Gasteiger partial charge in [-0.25, -0.2) is 4.79 Å². The van der Waals surface area contributed by atoms with Crippen LogP contribution >= 0.6 is 11.3 Å². The molecule has 0 spiro atoms. The molecule has 2 rings (SSSR count). The Labute approximate surface area is 123 Å². The lowest BCUT2D eigenvalue weighted by atomic mass is 10.0. The smallest absolute Gasteiger partial charge is 0.346 e. The second kappa shape index (κ2) is 6.37. The normalized spacial score (nSPS) is 13.0. The van der Waals surface area contributed by atoms with Crippen molar-refractivity contribution in [3.05, 3.63) is 34.7 Å². The van der Waals surface area contributed by atoms with Gasteiger partial charge in [-0.15, -0.1) is 11.3 Å². The molecule has 0 amide bonds. The third-order valence-electron chi connectivity index (χ3n) is 3.68. The van der Waals surface area contributed by atoms with Gasteiger partial charge in [0.05, 0.1) is 0 Å². The molecule has 4 heteroatoms. The lowest BCUT2D eigenvalue weighted by Gasteiger charge is -2.20. The van der Waals surface area contributed by atoms with E-state index in [4.69, 9.17) is 0 Å². The molecule has 0 aliphatic rings. The summed E-state index contributed by atoms with van der Waals surface area (Å²) in [7, 11) is 0. The van der Waals surface area contributed by atoms with Crippen LogP contribution in [0.5, 0.6) is 0 Å². The van der Waals surface area contributed by atoms with Gasteiger partial charge < -0.3 is 10.4 Å². The molecule has 0 radical (unpaired) electrons. The number of rotatable bonds is 6. The van der Waals surface area contributed by atoms with Crippen LogP contribution < -0.4 is 5.32 Å². The fourth-order valence-electron chi connectivity index (χ4n) is 2.53. The van der Waals surface area contributed by atoms with Crippen molar-refractivity contribution in [2.24, 2.45) is 5.92 Å². The topological polar surface area (TPSA) is 49.3 Å². The van der Waals surface area contributed by atoms with E-state index in [1.807, 2.05) is 24.3 Å². The average Bonchev–Trinajstić information content (AvgIpc) is 2.78. The first kappa shape index (κ1) is 15.0. The number of thiophene rings is 1. The van der Waals surface area contributed by atoms with Gasteiger partial charge in [0.25, 0.3) is 0 Å². The Bertz CT molecular complexity index is 604. The highest BCUT2D eigenvalue weighted by molar-refractivity contribution is 7.21. The zero-order chi connectivity index (χ0) is 14.7. The first-order valence-electron chi connectivity index (χ1n) is 7.01. The lowest BCUT2D eigenvalue weighted by Crippen LogP contribution is -2.32. The number of carboxylic acids is 1. The maximum Gasteiger partial charge on any atom is 0.346 e. The van der Waals surface area contributed by atoms with Crippen LogP contribution in [0.4, 0.5) is 0 Å². The summed E-state index contributed by atoms with van der Waals surface area (Å²) >= 11 is 1.36. The van der Waals surface area contributed by atoms with Crippen LogP contribution in [0.2, 0.25) is 0 Å². The van der Waals surface area contributed by atoms with Crippen LogP contribution in [0, 0.1) is 5.92 Å². The van der Waals surface area contributed by atoms with Crippen molar-refractivity contribution in [3.63, 3.8) is 0 Å². The quantitative estimate of drug-likeness (QED) is 0.841. The van der Waals surface area contributed by atoms with E-state index in [0.29, 0.717) is 23.4 Å². The molecule has 0 aliphatic carbocycles. The monoisotopic (exact) mass is 291 g/mol. The Morgan fingerprint density at radius 3 is 2.65 bits per heavy atom. The molecular weight excluding hydrogens is 270 g/mol. The van der Waals surface area contributed by atoms with Gasteiger partial charge in [0.2, 0.25) is 0 Å². The van der Waals surface area contributed by atoms with Crippen LogP contribution in [0.3, 0.4) is 0 Å². The predicted octanol–water partition coefficient (Wildman–Crippen LogP) is 4.12. The molecule has 0 bridgehead atoms. The van der Waals surface area contributed by atoms with Crippen molar-refractivity contribution in [1.82, 2.24) is 5.32 Å². The summed E-state index contributed by atoms with van der Waals surface area (Å²) in [6, 6.07) is 8.31. The maximum absolute atomic E-state index is 11.4. The van der Waals surface area contributed by atoms with E-state index in [1.54, 1.807) is 0 Å². The highest BCUT2D eigenvalue weighted by atomic mass is 32.1. The van der Waals surface area contributed by atoms with Crippen LogP contribution in [0.1, 0.15) is 42.4 Å². The number of carbonyl (C=O) groups is 1. The van der Waals surface area contributed by atoms with Crippen LogP contribution in [0.25, 0.3) is 10.1 Å². The van der Waals surface area contributed by atoms with E-state index < -0.39 is 5.97 Å². The summed E-state index contributed by atoms with van der Waals surface area (Å²) in [6.45, 7) is 7.14. The molecular formula is C16H21NO2S. The number of nitrogens with one attached hydrogen (secondary N) is 1. The molecule has 3 nitrogen and oxygen atoms in total. The SMILES string of the molecule is CCC(NCc1c(C(=O)O)sc2ccccc12)C(C)C. The summed E-state index contributed by atoms with van der Waals surface area (Å²) in [5.41, 5.74) is 0.914. The van der Waals surface area contributed by atoms with Crippen molar-refractivity contribution in [1.29, 1.82) is 0 Å². The van der Waals surface area contributed by atoms with Crippen LogP contribution in [0.15, 0.2) is 24.3 Å². The number of hydrogen-bond donors (Lipinski definition) is 2. The number of aromatic carboxylic acids is 1. The average molecular weight is 291 g/mol. The van der Waals surface area contributed by atoms with Crippen molar-refractivity contribution in [2.75, 3.05) is 0 Å². The molecule has 1 atom stereocenters. The van der Waals surface area contributed by atoms with Gasteiger partial charge >= 0.3 is 5.97 Å². The van der Waals surface area contributed by atoms with Crippen molar-refractivity contribution in [2.45, 2.75) is 39.8 Å². The second-order valence-corrected chi connectivity index (χ2v) is 6.40. The van der Waals surface area contributed by atoms with E-state index in [-0.39, 0.29) is 0 Å². The van der Waals surface area contributed by atoms with Gasteiger partial charge in [-0.05, 0) is 29.4 Å². The fraction of sp³-hybridized carbons (Fsp3) is 0.438. The Hall–Kier alpha value is -1.39. The summed E-state index contributed by atoms with van der Waals surface area (Å²) in [5, 5.41) is 13.9. The minimum Gasteiger partial charge on any atom is -0.477 e. The van der Waals surface area contributed by atoms with Gasteiger partial charge in [-0.2, -0.15) is 0 Å². The van der Waals surface area contributed by atoms with Gasteiger partial charge in [-0.3, -0.25) is 0 Å². The molecule has 2 N–H and O–H groups in total.